The van der Waals surface area contributed by atoms with Gasteiger partial charge in [-0.1, -0.05) is 18.2 Å². The summed E-state index contributed by atoms with van der Waals surface area (Å²) in [4.78, 5) is 0. The molecule has 3 nitrogen and oxygen atoms in total. The van der Waals surface area contributed by atoms with E-state index in [0.717, 1.165) is 37.8 Å². The van der Waals surface area contributed by atoms with Gasteiger partial charge in [0.05, 0.1) is 7.11 Å². The Balaban J connectivity index is 1.96. The summed E-state index contributed by atoms with van der Waals surface area (Å²) >= 11 is 0. The van der Waals surface area contributed by atoms with Gasteiger partial charge in [0.15, 0.2) is 0 Å². The summed E-state index contributed by atoms with van der Waals surface area (Å²) in [6.07, 6.45) is 4.79. The summed E-state index contributed by atoms with van der Waals surface area (Å²) in [5.74, 6) is 2.50. The van der Waals surface area contributed by atoms with Gasteiger partial charge < -0.3 is 14.8 Å². The number of hydrogen-bond donors (Lipinski definition) is 1. The number of nitrogens with one attached hydrogen (secondary N) is 1. The smallest absolute Gasteiger partial charge is 0.122 e. The molecule has 0 bridgehead atoms. The summed E-state index contributed by atoms with van der Waals surface area (Å²) in [6, 6.07) is 8.38. The summed E-state index contributed by atoms with van der Waals surface area (Å²) in [7, 11) is 3.80. The molecule has 0 spiro atoms. The molecular formula is C17H27NO2. The zero-order chi connectivity index (χ0) is 14.2. The van der Waals surface area contributed by atoms with E-state index in [9.17, 15) is 0 Å². The molecule has 112 valence electrons. The van der Waals surface area contributed by atoms with Gasteiger partial charge in [0.1, 0.15) is 5.75 Å². The highest BCUT2D eigenvalue weighted by atomic mass is 16.5. The molecule has 2 rings (SSSR count). The van der Waals surface area contributed by atoms with Crippen molar-refractivity contribution in [3.63, 3.8) is 0 Å². The van der Waals surface area contributed by atoms with E-state index in [2.05, 4.69) is 23.5 Å². The zero-order valence-electron chi connectivity index (χ0n) is 12.7. The van der Waals surface area contributed by atoms with E-state index in [4.69, 9.17) is 9.47 Å². The maximum Gasteiger partial charge on any atom is 0.122 e. The van der Waals surface area contributed by atoms with Gasteiger partial charge in [-0.3, -0.25) is 0 Å². The molecule has 0 saturated carbocycles. The van der Waals surface area contributed by atoms with Crippen molar-refractivity contribution in [2.75, 3.05) is 33.9 Å². The minimum absolute atomic E-state index is 0.666. The van der Waals surface area contributed by atoms with E-state index in [1.807, 2.05) is 13.1 Å². The van der Waals surface area contributed by atoms with Crippen LogP contribution in [0.15, 0.2) is 24.3 Å². The van der Waals surface area contributed by atoms with Crippen molar-refractivity contribution in [3.8, 4) is 5.75 Å². The molecule has 1 heterocycles. The quantitative estimate of drug-likeness (QED) is 0.831. The van der Waals surface area contributed by atoms with Crippen LogP contribution in [0, 0.1) is 11.8 Å². The fourth-order valence-corrected chi connectivity index (χ4v) is 3.16. The van der Waals surface area contributed by atoms with Crippen molar-refractivity contribution in [2.24, 2.45) is 11.8 Å². The fourth-order valence-electron chi connectivity index (χ4n) is 3.16. The fraction of sp³-hybridized carbons (Fsp3) is 0.647. The van der Waals surface area contributed by atoms with Crippen LogP contribution < -0.4 is 10.1 Å². The molecule has 3 heteroatoms. The molecule has 1 atom stereocenters. The van der Waals surface area contributed by atoms with Crippen LogP contribution in [0.3, 0.4) is 0 Å². The van der Waals surface area contributed by atoms with Crippen LogP contribution in [0.4, 0.5) is 0 Å². The SMILES string of the molecule is CNCC(Cc1ccccc1OC)CC1CCOCC1. The first kappa shape index (κ1) is 15.3. The van der Waals surface area contributed by atoms with E-state index < -0.39 is 0 Å². The van der Waals surface area contributed by atoms with E-state index in [0.29, 0.717) is 5.92 Å². The second kappa shape index (κ2) is 8.28. The highest BCUT2D eigenvalue weighted by molar-refractivity contribution is 5.33. The van der Waals surface area contributed by atoms with Crippen LogP contribution in [0.2, 0.25) is 0 Å². The van der Waals surface area contributed by atoms with Gasteiger partial charge in [0, 0.05) is 13.2 Å². The molecule has 1 saturated heterocycles. The average molecular weight is 277 g/mol. The Hall–Kier alpha value is -1.06. The predicted octanol–water partition coefficient (Wildman–Crippen LogP) is 2.89. The molecule has 1 aliphatic rings. The number of rotatable bonds is 7. The number of benzene rings is 1. The zero-order valence-corrected chi connectivity index (χ0v) is 12.7. The van der Waals surface area contributed by atoms with Gasteiger partial charge >= 0.3 is 0 Å². The highest BCUT2D eigenvalue weighted by Crippen LogP contribution is 2.27. The largest absolute Gasteiger partial charge is 0.496 e. The van der Waals surface area contributed by atoms with E-state index in [1.54, 1.807) is 7.11 Å². The average Bonchev–Trinajstić information content (AvgIpc) is 2.49. The number of para-hydroxylation sites is 1. The molecule has 0 radical (unpaired) electrons. The third-order valence-electron chi connectivity index (χ3n) is 4.20. The van der Waals surface area contributed by atoms with Crippen molar-refractivity contribution >= 4 is 0 Å². The Morgan fingerprint density at radius 1 is 1.30 bits per heavy atom. The van der Waals surface area contributed by atoms with Crippen molar-refractivity contribution in [3.05, 3.63) is 29.8 Å². The summed E-state index contributed by atoms with van der Waals surface area (Å²) in [6.45, 7) is 2.94. The molecule has 1 aromatic rings. The Morgan fingerprint density at radius 3 is 2.75 bits per heavy atom. The van der Waals surface area contributed by atoms with Gasteiger partial charge in [-0.25, -0.2) is 0 Å². The molecule has 0 amide bonds. The van der Waals surface area contributed by atoms with Crippen LogP contribution in [0.1, 0.15) is 24.8 Å². The summed E-state index contributed by atoms with van der Waals surface area (Å²) in [5.41, 5.74) is 1.32. The van der Waals surface area contributed by atoms with Gasteiger partial charge in [-0.15, -0.1) is 0 Å². The van der Waals surface area contributed by atoms with Crippen LogP contribution >= 0.6 is 0 Å². The van der Waals surface area contributed by atoms with Gasteiger partial charge in [0.25, 0.3) is 0 Å². The number of methoxy groups -OCH3 is 1. The molecule has 1 aliphatic heterocycles. The first-order chi connectivity index (χ1) is 9.83. The molecular weight excluding hydrogens is 250 g/mol. The molecule has 1 aromatic carbocycles. The van der Waals surface area contributed by atoms with Crippen LogP contribution in [0.5, 0.6) is 5.75 Å². The van der Waals surface area contributed by atoms with Crippen LogP contribution in [-0.4, -0.2) is 33.9 Å². The Bertz CT molecular complexity index is 388. The highest BCUT2D eigenvalue weighted by Gasteiger charge is 2.20. The van der Waals surface area contributed by atoms with Gasteiger partial charge in [-0.05, 0) is 62.7 Å². The lowest BCUT2D eigenvalue weighted by Crippen LogP contribution is -2.26. The molecule has 1 unspecified atom stereocenters. The Labute approximate surface area is 122 Å². The molecule has 1 N–H and O–H groups in total. The third kappa shape index (κ3) is 4.50. The molecule has 0 aliphatic carbocycles. The molecule has 0 aromatic heterocycles. The third-order valence-corrected chi connectivity index (χ3v) is 4.20. The van der Waals surface area contributed by atoms with E-state index >= 15 is 0 Å². The number of hydrogen-bond acceptors (Lipinski definition) is 3. The second-order valence-electron chi connectivity index (χ2n) is 5.73. The van der Waals surface area contributed by atoms with E-state index in [1.165, 1.54) is 24.8 Å². The lowest BCUT2D eigenvalue weighted by molar-refractivity contribution is 0.0585. The topological polar surface area (TPSA) is 30.5 Å². The standard InChI is InChI=1S/C17H27NO2/c1-18-13-15(11-14-7-9-20-10-8-14)12-16-5-3-4-6-17(16)19-2/h3-6,14-15,18H,7-13H2,1-2H3. The van der Waals surface area contributed by atoms with Crippen molar-refractivity contribution in [2.45, 2.75) is 25.7 Å². The normalized spacial score (nSPS) is 17.9. The van der Waals surface area contributed by atoms with Crippen molar-refractivity contribution in [1.82, 2.24) is 5.32 Å². The van der Waals surface area contributed by atoms with Crippen molar-refractivity contribution < 1.29 is 9.47 Å². The summed E-state index contributed by atoms with van der Waals surface area (Å²) < 4.78 is 10.9. The Kier molecular flexibility index (Phi) is 6.34. The number of ether oxygens (including phenoxy) is 2. The van der Waals surface area contributed by atoms with Crippen LogP contribution in [0.25, 0.3) is 0 Å². The van der Waals surface area contributed by atoms with Gasteiger partial charge in [0.2, 0.25) is 0 Å². The molecule has 20 heavy (non-hydrogen) atoms. The van der Waals surface area contributed by atoms with Crippen LogP contribution in [-0.2, 0) is 11.2 Å². The Morgan fingerprint density at radius 2 is 2.05 bits per heavy atom. The first-order valence-corrected chi connectivity index (χ1v) is 7.67. The maximum atomic E-state index is 5.47. The minimum atomic E-state index is 0.666. The maximum absolute atomic E-state index is 5.47. The van der Waals surface area contributed by atoms with Gasteiger partial charge in [-0.2, -0.15) is 0 Å². The second-order valence-corrected chi connectivity index (χ2v) is 5.73. The minimum Gasteiger partial charge on any atom is -0.496 e. The lowest BCUT2D eigenvalue weighted by atomic mass is 9.85. The first-order valence-electron chi connectivity index (χ1n) is 7.67. The monoisotopic (exact) mass is 277 g/mol. The summed E-state index contributed by atoms with van der Waals surface area (Å²) in [5, 5.41) is 3.34. The van der Waals surface area contributed by atoms with Crippen molar-refractivity contribution in [1.29, 1.82) is 0 Å². The van der Waals surface area contributed by atoms with E-state index in [-0.39, 0.29) is 0 Å². The molecule has 1 fully saturated rings. The lowest BCUT2D eigenvalue weighted by Gasteiger charge is -2.27. The predicted molar refractivity (Wildman–Crippen MR) is 82.3 cm³/mol.